The van der Waals surface area contributed by atoms with E-state index in [0.717, 1.165) is 0 Å². The standard InChI is InChI=1S/C19H18N4O6/c1-2-29-12-5-4-10(8-11(12)9-23-7-3-6-21-23)13-14(18(25)26)16(20)22-17(24)15(13)19(27)28/h3-8H,2,9H2,1H3,(H,25,26)(H,27,28)(H3,20,22,24). The van der Waals surface area contributed by atoms with Crippen molar-refractivity contribution >= 4 is 17.8 Å². The van der Waals surface area contributed by atoms with Crippen LogP contribution in [-0.2, 0) is 6.54 Å². The number of ether oxygens (including phenoxy) is 1. The number of anilines is 1. The zero-order valence-corrected chi connectivity index (χ0v) is 15.4. The molecule has 0 aliphatic heterocycles. The molecule has 5 N–H and O–H groups in total. The number of aromatic amines is 1. The number of nitrogen functional groups attached to an aromatic ring is 1. The maximum atomic E-state index is 12.2. The Labute approximate surface area is 164 Å². The fraction of sp³-hybridized carbons (Fsp3) is 0.158. The van der Waals surface area contributed by atoms with Gasteiger partial charge in [0.25, 0.3) is 5.56 Å². The lowest BCUT2D eigenvalue weighted by Crippen LogP contribution is -2.24. The molecule has 0 saturated carbocycles. The SMILES string of the molecule is CCOc1ccc(-c2c(C(=O)O)c(N)[nH]c(=O)c2C(=O)O)cc1Cn1cccn1. The summed E-state index contributed by atoms with van der Waals surface area (Å²) in [6, 6.07) is 6.39. The van der Waals surface area contributed by atoms with Crippen molar-refractivity contribution < 1.29 is 24.5 Å². The van der Waals surface area contributed by atoms with E-state index in [2.05, 4.69) is 10.1 Å². The molecule has 10 nitrogen and oxygen atoms in total. The highest BCUT2D eigenvalue weighted by molar-refractivity contribution is 6.07. The number of H-pyrrole nitrogens is 1. The van der Waals surface area contributed by atoms with Crippen molar-refractivity contribution in [1.29, 1.82) is 0 Å². The third-order valence-corrected chi connectivity index (χ3v) is 4.21. The Hall–Kier alpha value is -4.08. The minimum Gasteiger partial charge on any atom is -0.494 e. The predicted molar refractivity (Wildman–Crippen MR) is 103 cm³/mol. The van der Waals surface area contributed by atoms with E-state index >= 15 is 0 Å². The number of hydrogen-bond acceptors (Lipinski definition) is 6. The molecule has 3 aromatic rings. The van der Waals surface area contributed by atoms with Gasteiger partial charge in [-0.15, -0.1) is 0 Å². The van der Waals surface area contributed by atoms with Gasteiger partial charge in [0, 0.05) is 23.5 Å². The molecule has 29 heavy (non-hydrogen) atoms. The number of nitrogens with zero attached hydrogens (tertiary/aromatic N) is 2. The van der Waals surface area contributed by atoms with Gasteiger partial charge in [-0.3, -0.25) is 9.48 Å². The largest absolute Gasteiger partial charge is 0.494 e. The van der Waals surface area contributed by atoms with Crippen LogP contribution in [0.5, 0.6) is 5.75 Å². The number of rotatable bonds is 7. The van der Waals surface area contributed by atoms with Crippen LogP contribution < -0.4 is 16.0 Å². The molecule has 0 spiro atoms. The number of carboxylic acid groups (broad SMARTS) is 2. The average molecular weight is 398 g/mol. The Bertz CT molecular complexity index is 1130. The number of carbonyl (C=O) groups is 2. The summed E-state index contributed by atoms with van der Waals surface area (Å²) in [7, 11) is 0. The maximum absolute atomic E-state index is 12.2. The molecule has 0 amide bonds. The van der Waals surface area contributed by atoms with Gasteiger partial charge in [0.15, 0.2) is 0 Å². The van der Waals surface area contributed by atoms with Crippen LogP contribution in [0.2, 0.25) is 0 Å². The lowest BCUT2D eigenvalue weighted by molar-refractivity contribution is 0.0695. The van der Waals surface area contributed by atoms with E-state index in [1.807, 2.05) is 6.92 Å². The predicted octanol–water partition coefficient (Wildman–Crippen LogP) is 1.66. The van der Waals surface area contributed by atoms with Crippen molar-refractivity contribution in [3.05, 3.63) is 63.7 Å². The lowest BCUT2D eigenvalue weighted by Gasteiger charge is -2.16. The summed E-state index contributed by atoms with van der Waals surface area (Å²) < 4.78 is 7.24. The van der Waals surface area contributed by atoms with Crippen LogP contribution in [0.4, 0.5) is 5.82 Å². The summed E-state index contributed by atoms with van der Waals surface area (Å²) in [6.45, 7) is 2.50. The second kappa shape index (κ2) is 7.89. The zero-order chi connectivity index (χ0) is 21.1. The second-order valence-corrected chi connectivity index (χ2v) is 6.06. The second-order valence-electron chi connectivity index (χ2n) is 6.06. The number of nitrogens with one attached hydrogen (secondary N) is 1. The topological polar surface area (TPSA) is 161 Å². The van der Waals surface area contributed by atoms with Gasteiger partial charge in [-0.1, -0.05) is 6.07 Å². The Morgan fingerprint density at radius 1 is 1.24 bits per heavy atom. The van der Waals surface area contributed by atoms with Gasteiger partial charge >= 0.3 is 11.9 Å². The minimum absolute atomic E-state index is 0.211. The van der Waals surface area contributed by atoms with E-state index < -0.39 is 34.4 Å². The van der Waals surface area contributed by atoms with Crippen LogP contribution in [0.1, 0.15) is 33.2 Å². The molecule has 0 saturated heterocycles. The first-order valence-electron chi connectivity index (χ1n) is 8.59. The number of hydrogen-bond donors (Lipinski definition) is 4. The van der Waals surface area contributed by atoms with Crippen molar-refractivity contribution in [1.82, 2.24) is 14.8 Å². The first-order chi connectivity index (χ1) is 13.8. The van der Waals surface area contributed by atoms with Crippen LogP contribution in [0.25, 0.3) is 11.1 Å². The molecule has 3 rings (SSSR count). The maximum Gasteiger partial charge on any atom is 0.342 e. The van der Waals surface area contributed by atoms with E-state index in [0.29, 0.717) is 24.5 Å². The molecule has 0 aliphatic carbocycles. The van der Waals surface area contributed by atoms with E-state index in [-0.39, 0.29) is 11.1 Å². The van der Waals surface area contributed by atoms with Gasteiger partial charge < -0.3 is 25.7 Å². The molecule has 2 heterocycles. The first kappa shape index (κ1) is 19.7. The highest BCUT2D eigenvalue weighted by atomic mass is 16.5. The van der Waals surface area contributed by atoms with Gasteiger partial charge in [0.1, 0.15) is 22.7 Å². The lowest BCUT2D eigenvalue weighted by atomic mass is 9.94. The molecule has 0 atom stereocenters. The van der Waals surface area contributed by atoms with Crippen molar-refractivity contribution in [2.45, 2.75) is 13.5 Å². The minimum atomic E-state index is -1.56. The monoisotopic (exact) mass is 398 g/mol. The highest BCUT2D eigenvalue weighted by Gasteiger charge is 2.27. The van der Waals surface area contributed by atoms with Crippen LogP contribution >= 0.6 is 0 Å². The molecule has 0 radical (unpaired) electrons. The van der Waals surface area contributed by atoms with E-state index in [4.69, 9.17) is 10.5 Å². The van der Waals surface area contributed by atoms with Crippen LogP contribution in [0, 0.1) is 0 Å². The molecule has 0 unspecified atom stereocenters. The van der Waals surface area contributed by atoms with Crippen LogP contribution in [0.15, 0.2) is 41.5 Å². The molecule has 0 aliphatic rings. The van der Waals surface area contributed by atoms with E-state index in [1.165, 1.54) is 6.07 Å². The number of nitrogens with two attached hydrogens (primary N) is 1. The summed E-state index contributed by atoms with van der Waals surface area (Å²) in [5.41, 5.74) is 4.07. The average Bonchev–Trinajstić information content (AvgIpc) is 3.15. The normalized spacial score (nSPS) is 10.7. The number of aromatic nitrogens is 3. The van der Waals surface area contributed by atoms with E-state index in [9.17, 15) is 24.6 Å². The summed E-state index contributed by atoms with van der Waals surface area (Å²) in [5, 5.41) is 23.2. The number of aromatic carboxylic acids is 2. The van der Waals surface area contributed by atoms with Crippen molar-refractivity contribution in [2.75, 3.05) is 12.3 Å². The van der Waals surface area contributed by atoms with Crippen LogP contribution in [-0.4, -0.2) is 43.5 Å². The van der Waals surface area contributed by atoms with Crippen molar-refractivity contribution in [3.63, 3.8) is 0 Å². The van der Waals surface area contributed by atoms with Crippen molar-refractivity contribution in [2.24, 2.45) is 0 Å². The molecular formula is C19H18N4O6. The molecule has 2 aromatic heterocycles. The highest BCUT2D eigenvalue weighted by Crippen LogP contribution is 2.33. The fourth-order valence-corrected chi connectivity index (χ4v) is 3.06. The quantitative estimate of drug-likeness (QED) is 0.467. The smallest absolute Gasteiger partial charge is 0.342 e. The molecule has 0 bridgehead atoms. The Kier molecular flexibility index (Phi) is 5.35. The molecular weight excluding hydrogens is 380 g/mol. The summed E-state index contributed by atoms with van der Waals surface area (Å²) in [4.78, 5) is 37.8. The Balaban J connectivity index is 2.29. The summed E-state index contributed by atoms with van der Waals surface area (Å²) in [6.07, 6.45) is 3.34. The zero-order valence-electron chi connectivity index (χ0n) is 15.4. The van der Waals surface area contributed by atoms with Gasteiger partial charge in [0.05, 0.1) is 13.2 Å². The Morgan fingerprint density at radius 2 is 1.97 bits per heavy atom. The Morgan fingerprint density at radius 3 is 2.55 bits per heavy atom. The third-order valence-electron chi connectivity index (χ3n) is 4.21. The summed E-state index contributed by atoms with van der Waals surface area (Å²) in [5.74, 6) is -2.92. The molecule has 150 valence electrons. The van der Waals surface area contributed by atoms with Gasteiger partial charge in [-0.2, -0.15) is 5.10 Å². The number of benzene rings is 1. The first-order valence-corrected chi connectivity index (χ1v) is 8.59. The number of carboxylic acids is 2. The van der Waals surface area contributed by atoms with Gasteiger partial charge in [0.2, 0.25) is 0 Å². The molecule has 10 heteroatoms. The van der Waals surface area contributed by atoms with Gasteiger partial charge in [-0.25, -0.2) is 9.59 Å². The molecule has 1 aromatic carbocycles. The van der Waals surface area contributed by atoms with Crippen molar-refractivity contribution in [3.8, 4) is 16.9 Å². The summed E-state index contributed by atoms with van der Waals surface area (Å²) >= 11 is 0. The number of pyridine rings is 1. The van der Waals surface area contributed by atoms with E-state index in [1.54, 1.807) is 35.3 Å². The fourth-order valence-electron chi connectivity index (χ4n) is 3.06. The molecule has 0 fully saturated rings. The van der Waals surface area contributed by atoms with Gasteiger partial charge in [-0.05, 0) is 30.7 Å². The van der Waals surface area contributed by atoms with Crippen LogP contribution in [0.3, 0.4) is 0 Å². The third kappa shape index (κ3) is 3.81.